The third-order valence-corrected chi connectivity index (χ3v) is 6.07. The van der Waals surface area contributed by atoms with Crippen molar-refractivity contribution >= 4 is 17.6 Å². The van der Waals surface area contributed by atoms with Gasteiger partial charge in [-0.1, -0.05) is 30.4 Å². The van der Waals surface area contributed by atoms with E-state index >= 15 is 0 Å². The Hall–Kier alpha value is -4.02. The zero-order chi connectivity index (χ0) is 24.6. The molecule has 5 rings (SSSR count). The highest BCUT2D eigenvalue weighted by Crippen LogP contribution is 2.47. The number of ether oxygens (including phenoxy) is 1. The van der Waals surface area contributed by atoms with Gasteiger partial charge in [-0.15, -0.1) is 0 Å². The fraction of sp³-hybridized carbons (Fsp3) is 0.292. The fourth-order valence-electron chi connectivity index (χ4n) is 4.49. The lowest BCUT2D eigenvalue weighted by Gasteiger charge is -2.32. The highest BCUT2D eigenvalue weighted by molar-refractivity contribution is 5.99. The van der Waals surface area contributed by atoms with E-state index in [1.807, 2.05) is 31.2 Å². The molecule has 0 saturated carbocycles. The first-order valence-corrected chi connectivity index (χ1v) is 11.0. The summed E-state index contributed by atoms with van der Waals surface area (Å²) in [6, 6.07) is 1.69. The molecule has 35 heavy (non-hydrogen) atoms. The lowest BCUT2D eigenvalue weighted by Crippen LogP contribution is -2.47. The average Bonchev–Trinajstić information content (AvgIpc) is 3.54. The molecule has 3 aromatic heterocycles. The van der Waals surface area contributed by atoms with Crippen LogP contribution in [-0.4, -0.2) is 48.5 Å². The minimum absolute atomic E-state index is 0.0156. The summed E-state index contributed by atoms with van der Waals surface area (Å²) in [4.78, 5) is 27.4. The topological polar surface area (TPSA) is 85.5 Å². The van der Waals surface area contributed by atoms with Crippen LogP contribution in [0.5, 0.6) is 5.88 Å². The molecule has 11 heteroatoms. The molecule has 0 N–H and O–H groups in total. The SMILES string of the molecule is C\C=C/C=C\C=C\c1c(C(=O)N2CCC[C@@]23COc2ncc(C(F)(F)F)nc23)nn2cccnc12. The number of carbonyl (C=O) groups excluding carboxylic acids is 1. The number of halogens is 3. The van der Waals surface area contributed by atoms with Crippen LogP contribution in [0.1, 0.15) is 47.2 Å². The molecule has 1 saturated heterocycles. The minimum atomic E-state index is -4.66. The lowest BCUT2D eigenvalue weighted by molar-refractivity contribution is -0.141. The van der Waals surface area contributed by atoms with Crippen molar-refractivity contribution in [3.05, 3.63) is 77.7 Å². The molecule has 1 atom stereocenters. The highest BCUT2D eigenvalue weighted by Gasteiger charge is 2.54. The van der Waals surface area contributed by atoms with Gasteiger partial charge in [0.1, 0.15) is 17.8 Å². The van der Waals surface area contributed by atoms with E-state index in [1.54, 1.807) is 30.6 Å². The van der Waals surface area contributed by atoms with Crippen molar-refractivity contribution in [1.29, 1.82) is 0 Å². The number of carbonyl (C=O) groups is 1. The molecule has 180 valence electrons. The molecule has 0 unspecified atom stereocenters. The van der Waals surface area contributed by atoms with E-state index in [-0.39, 0.29) is 23.9 Å². The molecule has 1 fully saturated rings. The smallest absolute Gasteiger partial charge is 0.434 e. The molecule has 1 spiro atoms. The molecule has 8 nitrogen and oxygen atoms in total. The lowest BCUT2D eigenvalue weighted by atomic mass is 9.93. The van der Waals surface area contributed by atoms with E-state index in [1.165, 1.54) is 9.42 Å². The van der Waals surface area contributed by atoms with Crippen molar-refractivity contribution in [2.24, 2.45) is 0 Å². The number of aromatic nitrogens is 5. The van der Waals surface area contributed by atoms with E-state index in [9.17, 15) is 18.0 Å². The summed E-state index contributed by atoms with van der Waals surface area (Å²) in [5, 5.41) is 4.46. The van der Waals surface area contributed by atoms with Crippen molar-refractivity contribution in [2.75, 3.05) is 13.2 Å². The van der Waals surface area contributed by atoms with Crippen LogP contribution < -0.4 is 4.74 Å². The first-order chi connectivity index (χ1) is 16.8. The Morgan fingerprint density at radius 1 is 1.20 bits per heavy atom. The Kier molecular flexibility index (Phi) is 5.62. The average molecular weight is 482 g/mol. The van der Waals surface area contributed by atoms with Crippen molar-refractivity contribution in [3.8, 4) is 5.88 Å². The van der Waals surface area contributed by atoms with Gasteiger partial charge < -0.3 is 9.64 Å². The van der Waals surface area contributed by atoms with Crippen LogP contribution in [0.3, 0.4) is 0 Å². The van der Waals surface area contributed by atoms with E-state index in [2.05, 4.69) is 20.1 Å². The number of alkyl halides is 3. The minimum Gasteiger partial charge on any atom is -0.473 e. The maximum atomic E-state index is 13.9. The Labute approximate surface area is 198 Å². The summed E-state index contributed by atoms with van der Waals surface area (Å²) in [6.45, 7) is 2.21. The normalized spacial score (nSPS) is 20.2. The van der Waals surface area contributed by atoms with Gasteiger partial charge in [0.25, 0.3) is 5.91 Å². The molecule has 3 aromatic rings. The maximum Gasteiger partial charge on any atom is 0.434 e. The Morgan fingerprint density at radius 2 is 2.03 bits per heavy atom. The van der Waals surface area contributed by atoms with Crippen LogP contribution in [0, 0.1) is 0 Å². The number of allylic oxidation sites excluding steroid dienone is 5. The molecule has 2 aliphatic heterocycles. The molecular weight excluding hydrogens is 461 g/mol. The molecule has 0 aromatic carbocycles. The fourth-order valence-corrected chi connectivity index (χ4v) is 4.49. The van der Waals surface area contributed by atoms with E-state index in [0.717, 1.165) is 0 Å². The molecular formula is C24H21F3N6O2. The number of rotatable bonds is 4. The predicted octanol–water partition coefficient (Wildman–Crippen LogP) is 4.21. The second kappa shape index (κ2) is 8.64. The van der Waals surface area contributed by atoms with Gasteiger partial charge in [-0.05, 0) is 31.9 Å². The monoisotopic (exact) mass is 482 g/mol. The maximum absolute atomic E-state index is 13.9. The van der Waals surface area contributed by atoms with Crippen molar-refractivity contribution in [2.45, 2.75) is 31.5 Å². The first-order valence-electron chi connectivity index (χ1n) is 11.0. The number of fused-ring (bicyclic) bond motifs is 3. The molecule has 0 bridgehead atoms. The van der Waals surface area contributed by atoms with Crippen LogP contribution >= 0.6 is 0 Å². The molecule has 2 aliphatic rings. The standard InChI is InChI=1S/C24H21F3N6O2/c1-2-3-4-5-6-9-16-18(31-33-13-8-11-28-20(16)33)22(34)32-12-7-10-23(32)15-35-21-19(23)30-17(14-29-21)24(25,26)27/h2-6,8-9,11,13-14H,7,10,12,15H2,1H3/b3-2-,5-4-,9-6+/t23-/m0/s1. The molecule has 0 aliphatic carbocycles. The number of likely N-dealkylation sites (tertiary alicyclic amines) is 1. The third kappa shape index (κ3) is 3.86. The van der Waals surface area contributed by atoms with Gasteiger partial charge in [0.05, 0.1) is 11.8 Å². The second-order valence-corrected chi connectivity index (χ2v) is 8.21. The summed E-state index contributed by atoms with van der Waals surface area (Å²) in [5.41, 5.74) is -1.08. The van der Waals surface area contributed by atoms with Crippen LogP contribution in [0.2, 0.25) is 0 Å². The summed E-state index contributed by atoms with van der Waals surface area (Å²) < 4.78 is 47.2. The summed E-state index contributed by atoms with van der Waals surface area (Å²) in [6.07, 6.45) is 11.2. The Morgan fingerprint density at radius 3 is 2.83 bits per heavy atom. The van der Waals surface area contributed by atoms with Gasteiger partial charge >= 0.3 is 6.18 Å². The van der Waals surface area contributed by atoms with Gasteiger partial charge in [0.15, 0.2) is 17.0 Å². The number of amides is 1. The molecule has 1 amide bonds. The van der Waals surface area contributed by atoms with E-state index in [0.29, 0.717) is 36.8 Å². The number of hydrogen-bond donors (Lipinski definition) is 0. The number of hydrogen-bond acceptors (Lipinski definition) is 6. The van der Waals surface area contributed by atoms with Crippen molar-refractivity contribution in [3.63, 3.8) is 0 Å². The third-order valence-electron chi connectivity index (χ3n) is 6.07. The molecule has 0 radical (unpaired) electrons. The van der Waals surface area contributed by atoms with Crippen molar-refractivity contribution < 1.29 is 22.7 Å². The van der Waals surface area contributed by atoms with Gasteiger partial charge in [0.2, 0.25) is 5.88 Å². The summed E-state index contributed by atoms with van der Waals surface area (Å²) >= 11 is 0. The molecule has 5 heterocycles. The zero-order valence-corrected chi connectivity index (χ0v) is 18.7. The van der Waals surface area contributed by atoms with E-state index in [4.69, 9.17) is 4.74 Å². The van der Waals surface area contributed by atoms with Crippen LogP contribution in [0.4, 0.5) is 13.2 Å². The Balaban J connectivity index is 1.57. The second-order valence-electron chi connectivity index (χ2n) is 8.21. The van der Waals surface area contributed by atoms with Gasteiger partial charge in [-0.3, -0.25) is 4.79 Å². The Bertz CT molecular complexity index is 1380. The number of nitrogens with zero attached hydrogens (tertiary/aromatic N) is 6. The van der Waals surface area contributed by atoms with Crippen LogP contribution in [0.25, 0.3) is 11.7 Å². The summed E-state index contributed by atoms with van der Waals surface area (Å²) in [7, 11) is 0. The van der Waals surface area contributed by atoms with Gasteiger partial charge in [-0.25, -0.2) is 19.5 Å². The van der Waals surface area contributed by atoms with E-state index < -0.39 is 23.3 Å². The van der Waals surface area contributed by atoms with Crippen LogP contribution in [0.15, 0.2) is 55.0 Å². The first kappa shape index (κ1) is 22.8. The van der Waals surface area contributed by atoms with Crippen molar-refractivity contribution in [1.82, 2.24) is 29.5 Å². The largest absolute Gasteiger partial charge is 0.473 e. The van der Waals surface area contributed by atoms with Crippen LogP contribution in [-0.2, 0) is 11.7 Å². The predicted molar refractivity (Wildman–Crippen MR) is 120 cm³/mol. The van der Waals surface area contributed by atoms with Gasteiger partial charge in [-0.2, -0.15) is 18.3 Å². The quantitative estimate of drug-likeness (QED) is 0.518. The highest BCUT2D eigenvalue weighted by atomic mass is 19.4. The summed E-state index contributed by atoms with van der Waals surface area (Å²) in [5.74, 6) is -0.413. The zero-order valence-electron chi connectivity index (χ0n) is 18.7. The van der Waals surface area contributed by atoms with Gasteiger partial charge in [0, 0.05) is 18.9 Å².